The second kappa shape index (κ2) is 69.6. The number of rotatable bonds is 63. The summed E-state index contributed by atoms with van der Waals surface area (Å²) in [5.74, 6) is -0.886. The summed E-state index contributed by atoms with van der Waals surface area (Å²) in [6.07, 6.45) is 95.5. The summed E-state index contributed by atoms with van der Waals surface area (Å²) in [6, 6.07) is 0. The van der Waals surface area contributed by atoms with E-state index in [1.165, 1.54) is 180 Å². The molecule has 0 radical (unpaired) electrons. The van der Waals surface area contributed by atoms with E-state index in [9.17, 15) is 14.4 Å². The van der Waals surface area contributed by atoms with Crippen LogP contribution in [0, 0.1) is 0 Å². The van der Waals surface area contributed by atoms with Gasteiger partial charge in [-0.3, -0.25) is 14.4 Å². The molecule has 0 saturated heterocycles. The molecule has 6 heteroatoms. The van der Waals surface area contributed by atoms with Gasteiger partial charge in [-0.05, 0) is 122 Å². The molecule has 0 heterocycles. The normalized spacial score (nSPS) is 12.8. The van der Waals surface area contributed by atoms with Gasteiger partial charge in [0.2, 0.25) is 0 Å². The van der Waals surface area contributed by atoms with Crippen LogP contribution in [0.3, 0.4) is 0 Å². The number of carbonyl (C=O) groups excluding carboxylic acids is 3. The van der Waals surface area contributed by atoms with E-state index in [0.717, 1.165) is 116 Å². The Hall–Kier alpha value is -3.93. The number of ether oxygens (including phenoxy) is 3. The van der Waals surface area contributed by atoms with Gasteiger partial charge >= 0.3 is 17.9 Å². The molecule has 1 unspecified atom stereocenters. The predicted octanol–water partition coefficient (Wildman–Crippen LogP) is 24.2. The SMILES string of the molecule is CC/C=C\C/C=C\C/C=C\C/C=C\C/C=C\C/C=C\C/C=C\CCCCCCCCCCCCCC(=O)OCC(COC(=O)CCCCCCC/C=C\CCC)OC(=O)CCCCCCCCCCC/C=C\CCCCCCCCCC. The minimum atomic E-state index is -0.784. The highest BCUT2D eigenvalue weighted by molar-refractivity contribution is 5.71. The zero-order valence-electron chi connectivity index (χ0n) is 54.0. The Bertz CT molecular complexity index is 1640. The smallest absolute Gasteiger partial charge is 0.306 e. The lowest BCUT2D eigenvalue weighted by Crippen LogP contribution is -2.30. The maximum atomic E-state index is 12.9. The molecule has 0 rings (SSSR count). The van der Waals surface area contributed by atoms with Gasteiger partial charge in [-0.1, -0.05) is 304 Å². The van der Waals surface area contributed by atoms with Gasteiger partial charge in [0.1, 0.15) is 13.2 Å². The van der Waals surface area contributed by atoms with Crippen molar-refractivity contribution in [3.63, 3.8) is 0 Å². The second-order valence-electron chi connectivity index (χ2n) is 23.1. The van der Waals surface area contributed by atoms with E-state index < -0.39 is 6.10 Å². The molecule has 0 aromatic carbocycles. The second-order valence-corrected chi connectivity index (χ2v) is 23.1. The van der Waals surface area contributed by atoms with Gasteiger partial charge < -0.3 is 14.2 Å². The van der Waals surface area contributed by atoms with Crippen LogP contribution in [0.1, 0.15) is 335 Å². The molecular formula is C76H130O6. The lowest BCUT2D eigenvalue weighted by atomic mass is 10.0. The molecule has 0 spiro atoms. The number of carbonyl (C=O) groups is 3. The van der Waals surface area contributed by atoms with Gasteiger partial charge in [0.05, 0.1) is 0 Å². The molecule has 82 heavy (non-hydrogen) atoms. The van der Waals surface area contributed by atoms with Crippen molar-refractivity contribution in [3.8, 4) is 0 Å². The highest BCUT2D eigenvalue weighted by Crippen LogP contribution is 2.17. The summed E-state index contributed by atoms with van der Waals surface area (Å²) in [5.41, 5.74) is 0. The van der Waals surface area contributed by atoms with Gasteiger partial charge in [0.25, 0.3) is 0 Å². The van der Waals surface area contributed by atoms with Crippen LogP contribution in [-0.4, -0.2) is 37.2 Å². The van der Waals surface area contributed by atoms with Crippen LogP contribution in [-0.2, 0) is 28.6 Å². The molecule has 6 nitrogen and oxygen atoms in total. The van der Waals surface area contributed by atoms with Crippen molar-refractivity contribution in [2.75, 3.05) is 13.2 Å². The molecule has 0 aliphatic carbocycles. The van der Waals surface area contributed by atoms with Crippen LogP contribution in [0.15, 0.2) is 109 Å². The summed E-state index contributed by atoms with van der Waals surface area (Å²) in [6.45, 7) is 6.48. The van der Waals surface area contributed by atoms with Crippen LogP contribution < -0.4 is 0 Å². The Morgan fingerprint density at radius 3 is 0.805 bits per heavy atom. The molecule has 0 bridgehead atoms. The third-order valence-electron chi connectivity index (χ3n) is 15.0. The molecule has 0 aromatic heterocycles. The molecule has 470 valence electrons. The largest absolute Gasteiger partial charge is 0.462 e. The number of allylic oxidation sites excluding steroid dienone is 18. The molecule has 0 fully saturated rings. The molecule has 0 aliphatic heterocycles. The fraction of sp³-hybridized carbons (Fsp3) is 0.724. The number of hydrogen-bond donors (Lipinski definition) is 0. The highest BCUT2D eigenvalue weighted by Gasteiger charge is 2.19. The van der Waals surface area contributed by atoms with E-state index in [-0.39, 0.29) is 31.1 Å². The van der Waals surface area contributed by atoms with E-state index in [2.05, 4.69) is 130 Å². The first-order valence-corrected chi connectivity index (χ1v) is 34.9. The topological polar surface area (TPSA) is 78.9 Å². The van der Waals surface area contributed by atoms with Crippen molar-refractivity contribution < 1.29 is 28.6 Å². The average Bonchev–Trinajstić information content (AvgIpc) is 3.48. The van der Waals surface area contributed by atoms with E-state index in [4.69, 9.17) is 14.2 Å². The Balaban J connectivity index is 4.19. The Labute approximate surface area is 508 Å². The first-order valence-electron chi connectivity index (χ1n) is 34.9. The number of esters is 3. The van der Waals surface area contributed by atoms with Gasteiger partial charge in [-0.15, -0.1) is 0 Å². The molecular weight excluding hydrogens is 1010 g/mol. The molecule has 1 atom stereocenters. The van der Waals surface area contributed by atoms with Crippen LogP contribution in [0.2, 0.25) is 0 Å². The Kier molecular flexibility index (Phi) is 66.2. The maximum absolute atomic E-state index is 12.9. The quantitative estimate of drug-likeness (QED) is 0.0261. The molecule has 0 amide bonds. The van der Waals surface area contributed by atoms with Crippen molar-refractivity contribution in [1.29, 1.82) is 0 Å². The molecule has 0 aliphatic rings. The number of hydrogen-bond acceptors (Lipinski definition) is 6. The van der Waals surface area contributed by atoms with E-state index in [1.807, 2.05) is 0 Å². The van der Waals surface area contributed by atoms with Crippen LogP contribution >= 0.6 is 0 Å². The standard InChI is InChI=1S/C76H130O6/c1-4-7-10-13-16-19-22-24-26-28-30-32-33-34-35-36-37-38-39-40-41-42-43-45-46-48-50-52-54-57-60-63-66-69-75(78)81-72-73(71-80-74(77)68-65-62-59-56-21-18-15-12-9-6-3)82-76(79)70-67-64-61-58-55-53-51-49-47-44-31-29-27-25-23-20-17-14-11-8-5-2/h7,10,12,15-16,19,24,26,29-32,34-35,37-38,40-41,73H,4-6,8-9,11,13-14,17-18,20-23,25,27-28,33,36,39,42-72H2,1-3H3/b10-7-,15-12-,19-16-,26-24-,31-29-,32-30-,35-34-,38-37-,41-40-. The molecule has 0 N–H and O–H groups in total. The van der Waals surface area contributed by atoms with Gasteiger partial charge in [-0.25, -0.2) is 0 Å². The zero-order valence-corrected chi connectivity index (χ0v) is 54.0. The summed E-state index contributed by atoms with van der Waals surface area (Å²) in [4.78, 5) is 38.3. The van der Waals surface area contributed by atoms with Gasteiger partial charge in [0, 0.05) is 19.3 Å². The van der Waals surface area contributed by atoms with E-state index >= 15 is 0 Å². The van der Waals surface area contributed by atoms with Gasteiger partial charge in [-0.2, -0.15) is 0 Å². The van der Waals surface area contributed by atoms with E-state index in [1.54, 1.807) is 0 Å². The highest BCUT2D eigenvalue weighted by atomic mass is 16.6. The minimum absolute atomic E-state index is 0.0814. The van der Waals surface area contributed by atoms with Crippen LogP contribution in [0.4, 0.5) is 0 Å². The lowest BCUT2D eigenvalue weighted by molar-refractivity contribution is -0.167. The first kappa shape index (κ1) is 78.1. The minimum Gasteiger partial charge on any atom is -0.462 e. The summed E-state index contributed by atoms with van der Waals surface area (Å²) >= 11 is 0. The van der Waals surface area contributed by atoms with Crippen molar-refractivity contribution in [1.82, 2.24) is 0 Å². The third-order valence-corrected chi connectivity index (χ3v) is 15.0. The van der Waals surface area contributed by atoms with E-state index in [0.29, 0.717) is 19.3 Å². The van der Waals surface area contributed by atoms with Crippen molar-refractivity contribution in [2.45, 2.75) is 341 Å². The average molecular weight is 1140 g/mol. The Morgan fingerprint density at radius 1 is 0.256 bits per heavy atom. The monoisotopic (exact) mass is 1140 g/mol. The molecule has 0 saturated carbocycles. The summed E-state index contributed by atoms with van der Waals surface area (Å²) < 4.78 is 16.9. The fourth-order valence-electron chi connectivity index (χ4n) is 9.78. The lowest BCUT2D eigenvalue weighted by Gasteiger charge is -2.18. The fourth-order valence-corrected chi connectivity index (χ4v) is 9.78. The van der Waals surface area contributed by atoms with Gasteiger partial charge in [0.15, 0.2) is 6.10 Å². The zero-order chi connectivity index (χ0) is 59.2. The summed E-state index contributed by atoms with van der Waals surface area (Å²) in [7, 11) is 0. The maximum Gasteiger partial charge on any atom is 0.306 e. The predicted molar refractivity (Wildman–Crippen MR) is 357 cm³/mol. The van der Waals surface area contributed by atoms with Crippen molar-refractivity contribution in [3.05, 3.63) is 109 Å². The molecule has 0 aromatic rings. The third kappa shape index (κ3) is 66.9. The first-order chi connectivity index (χ1) is 40.5. The summed E-state index contributed by atoms with van der Waals surface area (Å²) in [5, 5.41) is 0. The van der Waals surface area contributed by atoms with Crippen LogP contribution in [0.5, 0.6) is 0 Å². The van der Waals surface area contributed by atoms with Crippen LogP contribution in [0.25, 0.3) is 0 Å². The van der Waals surface area contributed by atoms with Crippen molar-refractivity contribution >= 4 is 17.9 Å². The Morgan fingerprint density at radius 2 is 0.500 bits per heavy atom. The number of unbranched alkanes of at least 4 members (excludes halogenated alkanes) is 34. The van der Waals surface area contributed by atoms with Crippen molar-refractivity contribution in [2.24, 2.45) is 0 Å².